The van der Waals surface area contributed by atoms with E-state index in [0.29, 0.717) is 49.1 Å². The lowest BCUT2D eigenvalue weighted by molar-refractivity contribution is -0.252. The second-order valence-electron chi connectivity index (χ2n) is 5.98. The third-order valence-electron chi connectivity index (χ3n) is 4.36. The van der Waals surface area contributed by atoms with E-state index in [2.05, 4.69) is 0 Å². The average molecular weight is 360 g/mol. The van der Waals surface area contributed by atoms with Crippen LogP contribution in [0.15, 0.2) is 12.2 Å². The molecule has 2 heterocycles. The Morgan fingerprint density at radius 3 is 1.08 bits per heavy atom. The first-order chi connectivity index (χ1) is 11.2. The Hall–Kier alpha value is -0.840. The molecule has 4 nitrogen and oxygen atoms in total. The van der Waals surface area contributed by atoms with Gasteiger partial charge in [-0.2, -0.15) is 26.3 Å². The molecule has 2 aliphatic heterocycles. The van der Waals surface area contributed by atoms with E-state index in [1.807, 2.05) is 22.0 Å². The maximum absolute atomic E-state index is 12.5. The number of nitrogens with zero attached hydrogens (tertiary/aromatic N) is 4. The van der Waals surface area contributed by atoms with Gasteiger partial charge in [0.25, 0.3) is 0 Å². The molecule has 2 fully saturated rings. The fraction of sp³-hybridized carbons (Fsp3) is 0.857. The van der Waals surface area contributed by atoms with E-state index in [-0.39, 0.29) is 26.2 Å². The molecule has 2 aliphatic rings. The van der Waals surface area contributed by atoms with Gasteiger partial charge in [0.05, 0.1) is 0 Å². The van der Waals surface area contributed by atoms with Crippen LogP contribution in [-0.2, 0) is 0 Å². The fourth-order valence-corrected chi connectivity index (χ4v) is 2.82. The molecule has 24 heavy (non-hydrogen) atoms. The number of hydrogen-bond donors (Lipinski definition) is 0. The molecule has 0 aromatic carbocycles. The Kier molecular flexibility index (Phi) is 6.52. The van der Waals surface area contributed by atoms with E-state index in [0.717, 1.165) is 0 Å². The van der Waals surface area contributed by atoms with Crippen LogP contribution in [0.2, 0.25) is 0 Å². The second kappa shape index (κ2) is 8.03. The molecule has 0 N–H and O–H groups in total. The highest BCUT2D eigenvalue weighted by molar-refractivity contribution is 4.90. The summed E-state index contributed by atoms with van der Waals surface area (Å²) in [4.78, 5) is 4.88. The quantitative estimate of drug-likeness (QED) is 0.431. The van der Waals surface area contributed by atoms with Crippen molar-refractivity contribution in [1.82, 2.24) is 19.6 Å². The van der Waals surface area contributed by atoms with Gasteiger partial charge in [0, 0.05) is 65.4 Å². The zero-order valence-corrected chi connectivity index (χ0v) is 13.3. The fourth-order valence-electron chi connectivity index (χ4n) is 2.82. The highest BCUT2D eigenvalue weighted by atomic mass is 19.4. The van der Waals surface area contributed by atoms with Crippen molar-refractivity contribution in [3.05, 3.63) is 12.2 Å². The molecular weight excluding hydrogens is 338 g/mol. The van der Waals surface area contributed by atoms with Gasteiger partial charge in [0.1, 0.15) is 0 Å². The van der Waals surface area contributed by atoms with Gasteiger partial charge in [-0.3, -0.25) is 9.80 Å². The number of hydrogen-bond acceptors (Lipinski definition) is 4. The summed E-state index contributed by atoms with van der Waals surface area (Å²) in [7, 11) is 0. The van der Waals surface area contributed by atoms with Crippen LogP contribution < -0.4 is 0 Å². The minimum absolute atomic E-state index is 0.0310. The number of halogens is 6. The van der Waals surface area contributed by atoms with Crippen LogP contribution in [0.4, 0.5) is 26.3 Å². The zero-order chi connectivity index (χ0) is 17.8. The Labute approximate surface area is 137 Å². The summed E-state index contributed by atoms with van der Waals surface area (Å²) in [6, 6.07) is 0. The molecule has 0 saturated carbocycles. The number of rotatable bonds is 4. The summed E-state index contributed by atoms with van der Waals surface area (Å²) in [6.45, 7) is 2.42. The van der Waals surface area contributed by atoms with E-state index >= 15 is 0 Å². The highest BCUT2D eigenvalue weighted by Gasteiger charge is 2.39. The van der Waals surface area contributed by atoms with Crippen molar-refractivity contribution < 1.29 is 26.3 Å². The van der Waals surface area contributed by atoms with E-state index in [1.165, 1.54) is 0 Å². The smallest absolute Gasteiger partial charge is 0.297 e. The molecule has 140 valence electrons. The molecule has 10 heteroatoms. The van der Waals surface area contributed by atoms with Crippen LogP contribution in [0, 0.1) is 0 Å². The van der Waals surface area contributed by atoms with Gasteiger partial charge in [0.15, 0.2) is 0 Å². The van der Waals surface area contributed by atoms with Crippen molar-refractivity contribution in [3.8, 4) is 0 Å². The maximum atomic E-state index is 12.5. The van der Waals surface area contributed by atoms with Crippen molar-refractivity contribution >= 4 is 0 Å². The molecule has 2 saturated heterocycles. The molecule has 0 amide bonds. The maximum Gasteiger partial charge on any atom is 0.460 e. The lowest BCUT2D eigenvalue weighted by Crippen LogP contribution is -2.52. The van der Waals surface area contributed by atoms with Gasteiger partial charge >= 0.3 is 12.6 Å². The van der Waals surface area contributed by atoms with Crippen molar-refractivity contribution in [2.75, 3.05) is 65.4 Å². The molecule has 0 atom stereocenters. The van der Waals surface area contributed by atoms with E-state index < -0.39 is 12.6 Å². The van der Waals surface area contributed by atoms with Crippen molar-refractivity contribution in [3.63, 3.8) is 0 Å². The SMILES string of the molecule is FC(F)(F)N1CCN(C/C=C/CN2CCN(C(F)(F)F)CC2)CC1. The van der Waals surface area contributed by atoms with Gasteiger partial charge in [0.2, 0.25) is 0 Å². The highest BCUT2D eigenvalue weighted by Crippen LogP contribution is 2.23. The van der Waals surface area contributed by atoms with Crippen LogP contribution in [0.5, 0.6) is 0 Å². The molecule has 2 rings (SSSR count). The van der Waals surface area contributed by atoms with Gasteiger partial charge in [-0.05, 0) is 0 Å². The van der Waals surface area contributed by atoms with Crippen LogP contribution in [0.25, 0.3) is 0 Å². The van der Waals surface area contributed by atoms with Crippen LogP contribution >= 0.6 is 0 Å². The molecule has 0 aromatic rings. The van der Waals surface area contributed by atoms with E-state index in [9.17, 15) is 26.3 Å². The van der Waals surface area contributed by atoms with Gasteiger partial charge in [-0.25, -0.2) is 9.80 Å². The third kappa shape index (κ3) is 5.91. The molecule has 0 bridgehead atoms. The third-order valence-corrected chi connectivity index (χ3v) is 4.36. The van der Waals surface area contributed by atoms with Crippen LogP contribution in [0.3, 0.4) is 0 Å². The van der Waals surface area contributed by atoms with Gasteiger partial charge < -0.3 is 0 Å². The standard InChI is InChI=1S/C14H22F6N4/c15-13(16,17)23-9-5-21(6-10-23)3-1-2-4-22-7-11-24(12-8-22)14(18,19)20/h1-2H,3-12H2/b2-1+. The summed E-state index contributed by atoms with van der Waals surface area (Å²) < 4.78 is 75.0. The predicted octanol–water partition coefficient (Wildman–Crippen LogP) is 1.82. The summed E-state index contributed by atoms with van der Waals surface area (Å²) in [5.41, 5.74) is 0. The summed E-state index contributed by atoms with van der Waals surface area (Å²) in [6.07, 6.45) is -4.78. The Morgan fingerprint density at radius 2 is 0.833 bits per heavy atom. The molecule has 0 aliphatic carbocycles. The van der Waals surface area contributed by atoms with Crippen molar-refractivity contribution in [1.29, 1.82) is 0 Å². The summed E-state index contributed by atoms with van der Waals surface area (Å²) in [5.74, 6) is 0. The van der Waals surface area contributed by atoms with Crippen LogP contribution in [-0.4, -0.2) is 97.6 Å². The first-order valence-corrected chi connectivity index (χ1v) is 7.89. The lowest BCUT2D eigenvalue weighted by Gasteiger charge is -2.35. The average Bonchev–Trinajstić information content (AvgIpc) is 2.51. The summed E-state index contributed by atoms with van der Waals surface area (Å²) in [5, 5.41) is 0. The Balaban J connectivity index is 1.61. The second-order valence-corrected chi connectivity index (χ2v) is 5.98. The zero-order valence-electron chi connectivity index (χ0n) is 13.3. The Morgan fingerprint density at radius 1 is 0.542 bits per heavy atom. The topological polar surface area (TPSA) is 13.0 Å². The molecular formula is C14H22F6N4. The summed E-state index contributed by atoms with van der Waals surface area (Å²) >= 11 is 0. The van der Waals surface area contributed by atoms with Crippen molar-refractivity contribution in [2.24, 2.45) is 0 Å². The first kappa shape index (κ1) is 19.5. The largest absolute Gasteiger partial charge is 0.460 e. The predicted molar refractivity (Wildman–Crippen MR) is 77.3 cm³/mol. The first-order valence-electron chi connectivity index (χ1n) is 7.89. The molecule has 0 aromatic heterocycles. The Bertz CT molecular complexity index is 368. The molecule has 0 unspecified atom stereocenters. The van der Waals surface area contributed by atoms with Crippen molar-refractivity contribution in [2.45, 2.75) is 12.6 Å². The number of piperazine rings is 2. The van der Waals surface area contributed by atoms with E-state index in [4.69, 9.17) is 0 Å². The minimum Gasteiger partial charge on any atom is -0.297 e. The van der Waals surface area contributed by atoms with E-state index in [1.54, 1.807) is 0 Å². The normalized spacial score (nSPS) is 24.1. The molecule has 0 spiro atoms. The van der Waals surface area contributed by atoms with Crippen LogP contribution in [0.1, 0.15) is 0 Å². The van der Waals surface area contributed by atoms with Gasteiger partial charge in [-0.15, -0.1) is 0 Å². The number of alkyl halides is 6. The molecule has 0 radical (unpaired) electrons. The minimum atomic E-state index is -4.26. The lowest BCUT2D eigenvalue weighted by atomic mass is 10.3. The monoisotopic (exact) mass is 360 g/mol. The van der Waals surface area contributed by atoms with Gasteiger partial charge in [-0.1, -0.05) is 12.2 Å².